The fourth-order valence-corrected chi connectivity index (χ4v) is 7.34. The van der Waals surface area contributed by atoms with E-state index in [2.05, 4.69) is 10.6 Å². The molecule has 1 aromatic carbocycles. The van der Waals surface area contributed by atoms with E-state index in [9.17, 15) is 29.8 Å². The zero-order valence-electron chi connectivity index (χ0n) is 30.3. The summed E-state index contributed by atoms with van der Waals surface area (Å²) in [6.45, 7) is -1.88. The molecule has 1 amide bonds. The summed E-state index contributed by atoms with van der Waals surface area (Å²) in [5.41, 5.74) is 0.817. The fraction of sp³-hybridized carbons (Fsp3) is 0.735. The zero-order chi connectivity index (χ0) is 38.8. The Morgan fingerprint density at radius 2 is 1.70 bits per heavy atom. The molecule has 15 nitrogen and oxygen atoms in total. The number of benzene rings is 1. The highest BCUT2D eigenvalue weighted by Gasteiger charge is 2.46. The van der Waals surface area contributed by atoms with Crippen LogP contribution in [0.2, 0.25) is 0 Å². The Kier molecular flexibility index (Phi) is 20.6. The first-order chi connectivity index (χ1) is 25.3. The molecule has 6 N–H and O–H groups in total. The Bertz CT molecular complexity index is 1310. The average Bonchev–Trinajstić information content (AvgIpc) is 3.42. The number of carbonyl (C=O) groups excluding carboxylic acids is 2. The van der Waals surface area contributed by atoms with Crippen LogP contribution in [0.5, 0.6) is 0 Å². The molecule has 2 saturated heterocycles. The molecular weight excluding hydrogens is 750 g/mol. The van der Waals surface area contributed by atoms with E-state index in [4.69, 9.17) is 64.6 Å². The molecule has 1 aromatic rings. The van der Waals surface area contributed by atoms with Crippen molar-refractivity contribution in [1.82, 2.24) is 10.6 Å². The Balaban J connectivity index is 1.28. The topological polar surface area (TPSA) is 204 Å². The number of aliphatic hydroxyl groups is 3. The van der Waals surface area contributed by atoms with Crippen molar-refractivity contribution >= 4 is 55.6 Å². The minimum Gasteiger partial charge on any atom is -0.431 e. The van der Waals surface area contributed by atoms with E-state index < -0.39 is 74.2 Å². The van der Waals surface area contributed by atoms with E-state index in [0.717, 1.165) is 55.6 Å². The van der Waals surface area contributed by atoms with Crippen molar-refractivity contribution in [3.05, 3.63) is 35.9 Å². The van der Waals surface area contributed by atoms with Crippen LogP contribution >= 0.6 is 18.9 Å². The quantitative estimate of drug-likeness (QED) is 0.0309. The standard InChI is InChI=1S/C34H54BN2O13PS2/c1-22(39)37-28-30(41)29(40)25(19-38)49-33(28)45-18-12-10-16-27(52)36-17-11-5-3-4-9-15-24-31(50-51(43,53)44-2)26(48-32(24)35)21-47-34(42)46-20-23-13-7-6-8-14-23/h6-8,13-14,24-26,28-33,38,40-41H,3-5,9-12,15-21H2,1-2H3,(H,36,52)(H,37,39)(H,43,53)/t24-,25+,26+,28+,29-,30+,31?,32+,33+,51?/m0/s1. The molecule has 2 unspecified atom stereocenters. The molecule has 2 aliphatic rings. The van der Waals surface area contributed by atoms with Crippen LogP contribution in [0, 0.1) is 5.92 Å². The molecule has 53 heavy (non-hydrogen) atoms. The molecule has 2 heterocycles. The number of ether oxygens (including phenoxy) is 5. The summed E-state index contributed by atoms with van der Waals surface area (Å²) in [5.74, 6) is -0.710. The number of rotatable bonds is 23. The van der Waals surface area contributed by atoms with Gasteiger partial charge in [-0.25, -0.2) is 4.79 Å². The summed E-state index contributed by atoms with van der Waals surface area (Å²) in [6.07, 6.45) is 0.294. The van der Waals surface area contributed by atoms with Crippen molar-refractivity contribution < 1.29 is 62.5 Å². The lowest BCUT2D eigenvalue weighted by Crippen LogP contribution is -2.64. The number of amides is 1. The maximum absolute atomic E-state index is 12.2. The normalized spacial score (nSPS) is 28.2. The van der Waals surface area contributed by atoms with Gasteiger partial charge in [-0.1, -0.05) is 68.2 Å². The molecule has 0 saturated carbocycles. The number of carbonyl (C=O) groups is 2. The molecule has 2 radical (unpaired) electrons. The second-order valence-electron chi connectivity index (χ2n) is 13.0. The molecule has 298 valence electrons. The number of hydrogen-bond acceptors (Lipinski definition) is 14. The van der Waals surface area contributed by atoms with Crippen LogP contribution in [0.1, 0.15) is 70.3 Å². The predicted molar refractivity (Wildman–Crippen MR) is 202 cm³/mol. The lowest BCUT2D eigenvalue weighted by atomic mass is 9.81. The molecular formula is C34H54BN2O13PS2. The summed E-state index contributed by atoms with van der Waals surface area (Å²) in [5, 5.41) is 35.8. The highest BCUT2D eigenvalue weighted by Crippen LogP contribution is 2.48. The number of thiocarbonyl (C=S) groups is 1. The molecule has 2 aliphatic heterocycles. The van der Waals surface area contributed by atoms with E-state index >= 15 is 0 Å². The molecule has 10 atom stereocenters. The van der Waals surface area contributed by atoms with Crippen LogP contribution < -0.4 is 10.6 Å². The monoisotopic (exact) mass is 804 g/mol. The number of aliphatic hydroxyl groups excluding tert-OH is 3. The lowest BCUT2D eigenvalue weighted by molar-refractivity contribution is -0.270. The summed E-state index contributed by atoms with van der Waals surface area (Å²) in [4.78, 5) is 34.9. The van der Waals surface area contributed by atoms with Crippen molar-refractivity contribution in [2.24, 2.45) is 5.92 Å². The van der Waals surface area contributed by atoms with Crippen LogP contribution in [0.25, 0.3) is 0 Å². The minimum atomic E-state index is -3.56. The summed E-state index contributed by atoms with van der Waals surface area (Å²) >= 11 is 10.6. The Labute approximate surface area is 323 Å². The zero-order valence-corrected chi connectivity index (χ0v) is 32.8. The molecule has 3 rings (SSSR count). The molecule has 0 bridgehead atoms. The lowest BCUT2D eigenvalue weighted by Gasteiger charge is -2.42. The molecule has 0 aliphatic carbocycles. The van der Waals surface area contributed by atoms with Gasteiger partial charge in [-0.3, -0.25) is 4.79 Å². The highest BCUT2D eigenvalue weighted by atomic mass is 32.5. The first-order valence-corrected chi connectivity index (χ1v) is 20.9. The molecule has 2 fully saturated rings. The van der Waals surface area contributed by atoms with Gasteiger partial charge in [0.05, 0.1) is 11.6 Å². The SMILES string of the molecule is [B][C@@H]1O[C@H](COC(=O)OCc2ccccc2)C(OP(O)(=S)OC)[C@@H]1CCCCCCCNC(=S)CCCCO[C@@H]1O[C@H](CO)[C@H](O)[C@H](O)[C@H]1NC(C)=O. The molecule has 19 heteroatoms. The van der Waals surface area contributed by atoms with Crippen molar-refractivity contribution in [2.45, 2.75) is 120 Å². The Morgan fingerprint density at radius 1 is 0.981 bits per heavy atom. The third-order valence-electron chi connectivity index (χ3n) is 8.96. The van der Waals surface area contributed by atoms with E-state index in [1.54, 1.807) is 0 Å². The van der Waals surface area contributed by atoms with Gasteiger partial charge < -0.3 is 63.6 Å². The minimum absolute atomic E-state index is 0.0591. The second kappa shape index (κ2) is 24.0. The van der Waals surface area contributed by atoms with E-state index in [1.807, 2.05) is 30.3 Å². The van der Waals surface area contributed by atoms with Crippen LogP contribution in [0.15, 0.2) is 30.3 Å². The Morgan fingerprint density at radius 3 is 2.40 bits per heavy atom. The third-order valence-corrected chi connectivity index (χ3v) is 11.0. The fourth-order valence-electron chi connectivity index (χ4n) is 6.11. The maximum atomic E-state index is 12.2. The van der Waals surface area contributed by atoms with E-state index in [1.165, 1.54) is 14.0 Å². The largest absolute Gasteiger partial charge is 0.508 e. The van der Waals surface area contributed by atoms with Crippen LogP contribution in [0.4, 0.5) is 4.79 Å². The van der Waals surface area contributed by atoms with Gasteiger partial charge in [-0.2, -0.15) is 0 Å². The van der Waals surface area contributed by atoms with Gasteiger partial charge in [0.1, 0.15) is 57.6 Å². The van der Waals surface area contributed by atoms with Crippen molar-refractivity contribution in [1.29, 1.82) is 0 Å². The van der Waals surface area contributed by atoms with Crippen molar-refractivity contribution in [3.8, 4) is 0 Å². The van der Waals surface area contributed by atoms with Crippen molar-refractivity contribution in [3.63, 3.8) is 0 Å². The van der Waals surface area contributed by atoms with Gasteiger partial charge in [0, 0.05) is 39.1 Å². The van der Waals surface area contributed by atoms with Gasteiger partial charge in [0.25, 0.3) is 0 Å². The summed E-state index contributed by atoms with van der Waals surface area (Å²) in [6, 6.07) is 7.53. The average molecular weight is 805 g/mol. The second-order valence-corrected chi connectivity index (χ2v) is 16.4. The van der Waals surface area contributed by atoms with Crippen LogP contribution in [0.3, 0.4) is 0 Å². The van der Waals surface area contributed by atoms with E-state index in [-0.39, 0.29) is 25.7 Å². The van der Waals surface area contributed by atoms with Crippen LogP contribution in [-0.4, -0.2) is 127 Å². The third kappa shape index (κ3) is 16.1. The highest BCUT2D eigenvalue weighted by molar-refractivity contribution is 8.07. The maximum Gasteiger partial charge on any atom is 0.508 e. The van der Waals surface area contributed by atoms with Gasteiger partial charge in [0.15, 0.2) is 6.29 Å². The van der Waals surface area contributed by atoms with Gasteiger partial charge >= 0.3 is 12.9 Å². The van der Waals surface area contributed by atoms with Crippen LogP contribution in [-0.2, 0) is 55.9 Å². The van der Waals surface area contributed by atoms with Gasteiger partial charge in [-0.05, 0) is 49.5 Å². The summed E-state index contributed by atoms with van der Waals surface area (Å²) < 4.78 is 38.4. The molecule has 0 spiro atoms. The first-order valence-electron chi connectivity index (χ1n) is 17.9. The van der Waals surface area contributed by atoms with Gasteiger partial charge in [-0.15, -0.1) is 0 Å². The predicted octanol–water partition coefficient (Wildman–Crippen LogP) is 2.49. The number of hydrogen-bond donors (Lipinski definition) is 6. The smallest absolute Gasteiger partial charge is 0.431 e. The van der Waals surface area contributed by atoms with Gasteiger partial charge in [0.2, 0.25) is 5.91 Å². The van der Waals surface area contributed by atoms with E-state index in [0.29, 0.717) is 19.3 Å². The first kappa shape index (κ1) is 45.6. The number of unbranched alkanes of at least 4 members (excludes halogenated alkanes) is 5. The Hall–Kier alpha value is -1.80. The van der Waals surface area contributed by atoms with Crippen molar-refractivity contribution in [2.75, 3.05) is 33.5 Å². The molecule has 0 aromatic heterocycles. The summed E-state index contributed by atoms with van der Waals surface area (Å²) in [7, 11) is 7.57. The number of nitrogens with one attached hydrogen (secondary N) is 2.